The first-order valence-corrected chi connectivity index (χ1v) is 9.03. The fraction of sp³-hybridized carbons (Fsp3) is 0.400. The summed E-state index contributed by atoms with van der Waals surface area (Å²) in [6.45, 7) is 3.20. The second-order valence-electron chi connectivity index (χ2n) is 6.69. The van der Waals surface area contributed by atoms with Gasteiger partial charge < -0.3 is 15.0 Å². The van der Waals surface area contributed by atoms with Crippen molar-refractivity contribution in [2.45, 2.75) is 12.6 Å². The lowest BCUT2D eigenvalue weighted by Crippen LogP contribution is -2.39. The zero-order valence-electron chi connectivity index (χ0n) is 15.7. The highest BCUT2D eigenvalue weighted by atomic mass is 19.1. The van der Waals surface area contributed by atoms with E-state index in [4.69, 9.17) is 4.74 Å². The third-order valence-corrected chi connectivity index (χ3v) is 4.60. The van der Waals surface area contributed by atoms with Gasteiger partial charge in [-0.1, -0.05) is 24.3 Å². The van der Waals surface area contributed by atoms with Gasteiger partial charge in [-0.15, -0.1) is 0 Å². The number of likely N-dealkylation sites (N-methyl/N-ethyl adjacent to an activating group) is 1. The lowest BCUT2D eigenvalue weighted by Gasteiger charge is -2.29. The third-order valence-electron chi connectivity index (χ3n) is 4.60. The van der Waals surface area contributed by atoms with Crippen molar-refractivity contribution in [3.05, 3.63) is 59.5 Å². The molecule has 6 nitrogen and oxygen atoms in total. The largest absolute Gasteiger partial charge is 0.378 e. The van der Waals surface area contributed by atoms with Crippen molar-refractivity contribution in [1.82, 2.24) is 15.2 Å². The number of aromatic nitrogens is 1. The molecule has 1 unspecified atom stereocenters. The fourth-order valence-corrected chi connectivity index (χ4v) is 3.26. The highest BCUT2D eigenvalue weighted by molar-refractivity contribution is 5.83. The van der Waals surface area contributed by atoms with E-state index in [-0.39, 0.29) is 11.7 Å². The van der Waals surface area contributed by atoms with Gasteiger partial charge in [-0.05, 0) is 26.2 Å². The predicted molar refractivity (Wildman–Crippen MR) is 102 cm³/mol. The maximum atomic E-state index is 14.2. The van der Waals surface area contributed by atoms with Crippen molar-refractivity contribution < 1.29 is 13.9 Å². The number of carbonyl (C=O) groups excluding carboxylic acids is 1. The van der Waals surface area contributed by atoms with Crippen LogP contribution in [0.5, 0.6) is 0 Å². The Morgan fingerprint density at radius 1 is 1.26 bits per heavy atom. The smallest absolute Gasteiger partial charge is 0.242 e. The van der Waals surface area contributed by atoms with Crippen molar-refractivity contribution in [2.24, 2.45) is 0 Å². The monoisotopic (exact) mass is 372 g/mol. The van der Waals surface area contributed by atoms with Gasteiger partial charge in [0.15, 0.2) is 0 Å². The van der Waals surface area contributed by atoms with E-state index in [2.05, 4.69) is 15.2 Å². The van der Waals surface area contributed by atoms with Crippen molar-refractivity contribution in [3.63, 3.8) is 0 Å². The molecule has 1 atom stereocenters. The summed E-state index contributed by atoms with van der Waals surface area (Å²) >= 11 is 0. The van der Waals surface area contributed by atoms with Crippen LogP contribution in [0.2, 0.25) is 0 Å². The highest BCUT2D eigenvalue weighted by Crippen LogP contribution is 2.23. The summed E-state index contributed by atoms with van der Waals surface area (Å²) < 4.78 is 19.6. The second kappa shape index (κ2) is 8.92. The molecule has 1 fully saturated rings. The van der Waals surface area contributed by atoms with Crippen LogP contribution < -0.4 is 10.2 Å². The van der Waals surface area contributed by atoms with Crippen molar-refractivity contribution in [3.8, 4) is 0 Å². The summed E-state index contributed by atoms with van der Waals surface area (Å²) in [5.41, 5.74) is 1.29. The van der Waals surface area contributed by atoms with Gasteiger partial charge in [0.2, 0.25) is 5.91 Å². The van der Waals surface area contributed by atoms with Crippen LogP contribution in [0.25, 0.3) is 0 Å². The third kappa shape index (κ3) is 4.61. The average molecular weight is 372 g/mol. The molecular formula is C20H25FN4O2. The molecule has 27 heavy (non-hydrogen) atoms. The molecule has 1 saturated heterocycles. The number of hydrogen-bond acceptors (Lipinski definition) is 5. The van der Waals surface area contributed by atoms with Gasteiger partial charge >= 0.3 is 0 Å². The average Bonchev–Trinajstić information content (AvgIpc) is 2.69. The Morgan fingerprint density at radius 2 is 2.00 bits per heavy atom. The van der Waals surface area contributed by atoms with E-state index < -0.39 is 6.04 Å². The fourth-order valence-electron chi connectivity index (χ4n) is 3.26. The molecule has 144 valence electrons. The minimum atomic E-state index is -0.699. The Labute approximate surface area is 158 Å². The summed E-state index contributed by atoms with van der Waals surface area (Å²) in [5.74, 6) is 0.219. The number of amides is 1. The van der Waals surface area contributed by atoms with Crippen LogP contribution in [0.1, 0.15) is 17.2 Å². The Balaban J connectivity index is 1.74. The van der Waals surface area contributed by atoms with Gasteiger partial charge in [-0.2, -0.15) is 0 Å². The van der Waals surface area contributed by atoms with Gasteiger partial charge in [0.1, 0.15) is 17.7 Å². The predicted octanol–water partition coefficient (Wildman–Crippen LogP) is 1.98. The Morgan fingerprint density at radius 3 is 2.70 bits per heavy atom. The maximum absolute atomic E-state index is 14.2. The minimum absolute atomic E-state index is 0.248. The van der Waals surface area contributed by atoms with Gasteiger partial charge in [0.05, 0.1) is 13.2 Å². The van der Waals surface area contributed by atoms with E-state index in [9.17, 15) is 9.18 Å². The Bertz CT molecular complexity index is 778. The molecule has 1 amide bonds. The SMILES string of the molecule is CN(C)C(C(=O)NCc1cccnc1N1CCOCC1)c1ccccc1F. The Hall–Kier alpha value is -2.51. The molecule has 7 heteroatoms. The van der Waals surface area contributed by atoms with Crippen LogP contribution >= 0.6 is 0 Å². The van der Waals surface area contributed by atoms with E-state index >= 15 is 0 Å². The first kappa shape index (κ1) is 19.3. The minimum Gasteiger partial charge on any atom is -0.378 e. The Kier molecular flexibility index (Phi) is 6.36. The zero-order valence-corrected chi connectivity index (χ0v) is 15.7. The topological polar surface area (TPSA) is 57.7 Å². The molecule has 1 aliphatic heterocycles. The van der Waals surface area contributed by atoms with E-state index in [1.807, 2.05) is 12.1 Å². The number of ether oxygens (including phenoxy) is 1. The lowest BCUT2D eigenvalue weighted by atomic mass is 10.0. The molecule has 3 rings (SSSR count). The van der Waals surface area contributed by atoms with Crippen LogP contribution in [0.3, 0.4) is 0 Å². The van der Waals surface area contributed by atoms with Crippen molar-refractivity contribution in [2.75, 3.05) is 45.3 Å². The summed E-state index contributed by atoms with van der Waals surface area (Å²) in [6.07, 6.45) is 1.75. The number of benzene rings is 1. The van der Waals surface area contributed by atoms with E-state index in [1.165, 1.54) is 6.07 Å². The second-order valence-corrected chi connectivity index (χ2v) is 6.69. The standard InChI is InChI=1S/C20H25FN4O2/c1-24(2)18(16-7-3-4-8-17(16)21)20(26)23-14-15-6-5-9-22-19(15)25-10-12-27-13-11-25/h3-9,18H,10-14H2,1-2H3,(H,23,26). The zero-order chi connectivity index (χ0) is 19.2. The molecule has 1 N–H and O–H groups in total. The number of nitrogens with zero attached hydrogens (tertiary/aromatic N) is 3. The number of carbonyl (C=O) groups is 1. The summed E-state index contributed by atoms with van der Waals surface area (Å²) in [4.78, 5) is 21.2. The van der Waals surface area contributed by atoms with Crippen LogP contribution in [-0.4, -0.2) is 56.2 Å². The van der Waals surface area contributed by atoms with Gasteiger partial charge in [0.25, 0.3) is 0 Å². The summed E-state index contributed by atoms with van der Waals surface area (Å²) in [6, 6.07) is 9.47. The normalized spacial score (nSPS) is 15.6. The molecular weight excluding hydrogens is 347 g/mol. The van der Waals surface area contributed by atoms with Crippen molar-refractivity contribution in [1.29, 1.82) is 0 Å². The van der Waals surface area contributed by atoms with Gasteiger partial charge in [-0.3, -0.25) is 9.69 Å². The van der Waals surface area contributed by atoms with Gasteiger partial charge in [-0.25, -0.2) is 9.37 Å². The molecule has 0 aliphatic carbocycles. The molecule has 1 aromatic carbocycles. The number of pyridine rings is 1. The number of anilines is 1. The summed E-state index contributed by atoms with van der Waals surface area (Å²) in [7, 11) is 3.53. The molecule has 1 aliphatic rings. The molecule has 2 aromatic rings. The summed E-state index contributed by atoms with van der Waals surface area (Å²) in [5, 5.41) is 2.94. The number of rotatable bonds is 6. The first-order valence-electron chi connectivity index (χ1n) is 9.03. The maximum Gasteiger partial charge on any atom is 0.242 e. The molecule has 0 saturated carbocycles. The highest BCUT2D eigenvalue weighted by Gasteiger charge is 2.26. The molecule has 0 spiro atoms. The molecule has 1 aromatic heterocycles. The van der Waals surface area contributed by atoms with E-state index in [0.717, 1.165) is 24.5 Å². The molecule has 0 radical (unpaired) electrons. The number of morpholine rings is 1. The molecule has 2 heterocycles. The van der Waals surface area contributed by atoms with Crippen LogP contribution in [0.4, 0.5) is 10.2 Å². The lowest BCUT2D eigenvalue weighted by molar-refractivity contribution is -0.126. The van der Waals surface area contributed by atoms with Crippen LogP contribution in [0.15, 0.2) is 42.6 Å². The number of halogens is 1. The number of nitrogens with one attached hydrogen (secondary N) is 1. The van der Waals surface area contributed by atoms with Crippen LogP contribution in [0, 0.1) is 5.82 Å². The van der Waals surface area contributed by atoms with E-state index in [0.29, 0.717) is 25.3 Å². The van der Waals surface area contributed by atoms with E-state index in [1.54, 1.807) is 43.4 Å². The number of hydrogen-bond donors (Lipinski definition) is 1. The molecule has 0 bridgehead atoms. The van der Waals surface area contributed by atoms with Crippen molar-refractivity contribution >= 4 is 11.7 Å². The van der Waals surface area contributed by atoms with Gasteiger partial charge in [0, 0.05) is 37.0 Å². The van der Waals surface area contributed by atoms with Crippen LogP contribution in [-0.2, 0) is 16.1 Å². The first-order chi connectivity index (χ1) is 13.1. The quantitative estimate of drug-likeness (QED) is 0.840.